The average Bonchev–Trinajstić information content (AvgIpc) is 2.87. The van der Waals surface area contributed by atoms with Gasteiger partial charge in [-0.2, -0.15) is 0 Å². The van der Waals surface area contributed by atoms with E-state index in [0.717, 1.165) is 0 Å². The van der Waals surface area contributed by atoms with Gasteiger partial charge in [-0.25, -0.2) is 0 Å². The number of halogens is 2. The first-order valence-electron chi connectivity index (χ1n) is 8.94. The van der Waals surface area contributed by atoms with E-state index in [2.05, 4.69) is 74.4 Å². The molecule has 0 aliphatic heterocycles. The zero-order valence-electron chi connectivity index (χ0n) is 16.7. The molecule has 0 N–H and O–H groups in total. The third kappa shape index (κ3) is 3.30. The number of rotatable bonds is 4. The molecule has 0 aromatic carbocycles. The quantitative estimate of drug-likeness (QED) is 0.405. The fraction of sp³-hybridized carbons (Fsp3) is 0.600. The van der Waals surface area contributed by atoms with Crippen molar-refractivity contribution < 1.29 is 17.4 Å². The summed E-state index contributed by atoms with van der Waals surface area (Å²) in [5.41, 5.74) is 6.36. The minimum absolute atomic E-state index is 0. The maximum absolute atomic E-state index is 3.14. The fourth-order valence-electron chi connectivity index (χ4n) is 5.55. The van der Waals surface area contributed by atoms with Gasteiger partial charge >= 0.3 is 141 Å². The van der Waals surface area contributed by atoms with Crippen molar-refractivity contribution in [3.05, 3.63) is 41.0 Å². The molecule has 0 spiro atoms. The van der Waals surface area contributed by atoms with Gasteiger partial charge in [0.25, 0.3) is 0 Å². The Balaban J connectivity index is 0.00000264. The summed E-state index contributed by atoms with van der Waals surface area (Å²) in [6.45, 7) is 21.8. The van der Waals surface area contributed by atoms with E-state index >= 15 is 0 Å². The summed E-state index contributed by atoms with van der Waals surface area (Å²) in [5.74, 6) is 1.33. The molecule has 0 heterocycles. The number of hydrogen-bond donors (Lipinski definition) is 0. The van der Waals surface area contributed by atoms with Crippen molar-refractivity contribution >= 4 is 31.7 Å². The van der Waals surface area contributed by atoms with Crippen molar-refractivity contribution in [2.24, 2.45) is 11.8 Å². The van der Waals surface area contributed by atoms with Gasteiger partial charge < -0.3 is 0 Å². The summed E-state index contributed by atoms with van der Waals surface area (Å²) >= 11 is -3.14. The molecule has 0 radical (unpaired) electrons. The standard InChI is InChI=1S/2C8H11.2C2H5.2ClH.H2Si.Zr/c2*1-6-4-7(2)8(3)5-6;2*1-2;;;;/h2*4,8H,1-3H3;2*1H2,2H3;2*1H;1H2;. The normalized spacial score (nSPS) is 24.5. The van der Waals surface area contributed by atoms with Crippen molar-refractivity contribution in [3.8, 4) is 0 Å². The Bertz CT molecular complexity index is 647. The van der Waals surface area contributed by atoms with Gasteiger partial charge in [0.15, 0.2) is 0 Å². The zero-order chi connectivity index (χ0) is 16.9. The van der Waals surface area contributed by atoms with Gasteiger partial charge in [-0.15, -0.1) is 24.8 Å². The monoisotopic (exact) mass is 464 g/mol. The van der Waals surface area contributed by atoms with E-state index in [4.69, 9.17) is 0 Å². The molecule has 24 heavy (non-hydrogen) atoms. The second-order valence-corrected chi connectivity index (χ2v) is 33.8. The summed E-state index contributed by atoms with van der Waals surface area (Å²) < 4.78 is 6.58. The molecule has 2 aliphatic rings. The van der Waals surface area contributed by atoms with Crippen molar-refractivity contribution in [3.63, 3.8) is 0 Å². The molecule has 138 valence electrons. The molecule has 0 saturated heterocycles. The van der Waals surface area contributed by atoms with E-state index in [9.17, 15) is 0 Å². The molecular weight excluding hydrogens is 430 g/mol. The molecule has 4 heteroatoms. The van der Waals surface area contributed by atoms with Crippen molar-refractivity contribution in [2.45, 2.75) is 63.6 Å². The molecule has 2 aliphatic carbocycles. The molecule has 2 rings (SSSR count). The maximum atomic E-state index is 2.49. The van der Waals surface area contributed by atoms with Crippen LogP contribution in [0.25, 0.3) is 0 Å². The van der Waals surface area contributed by atoms with Gasteiger partial charge in [-0.05, 0) is 0 Å². The van der Waals surface area contributed by atoms with Crippen LogP contribution in [0.4, 0.5) is 0 Å². The second kappa shape index (κ2) is 8.12. The Morgan fingerprint density at radius 2 is 1.08 bits per heavy atom. The summed E-state index contributed by atoms with van der Waals surface area (Å²) in [5, 5.41) is 0. The molecule has 2 atom stereocenters. The summed E-state index contributed by atoms with van der Waals surface area (Å²) in [6, 6.07) is 0. The number of allylic oxidation sites excluding steroid dienone is 8. The molecule has 0 bridgehead atoms. The first-order valence-corrected chi connectivity index (χ1v) is 20.8. The SMILES string of the molecule is C[CH2][Zr](=[SiH2])([CH2]C)([C]1=C(C)C=C(C)C1C)[C]1=C(C)C=C(C)C1C.Cl.Cl. The molecule has 0 fully saturated rings. The van der Waals surface area contributed by atoms with Crippen LogP contribution in [0.3, 0.4) is 0 Å². The Hall–Kier alpha value is 0.640. The van der Waals surface area contributed by atoms with Gasteiger partial charge in [-0.3, -0.25) is 0 Å². The Morgan fingerprint density at radius 3 is 1.25 bits per heavy atom. The fourth-order valence-corrected chi connectivity index (χ4v) is 30.3. The van der Waals surface area contributed by atoms with Crippen LogP contribution in [-0.2, 0) is 17.4 Å². The van der Waals surface area contributed by atoms with Crippen molar-refractivity contribution in [1.82, 2.24) is 0 Å². The predicted molar refractivity (Wildman–Crippen MR) is 115 cm³/mol. The minimum atomic E-state index is -3.14. The van der Waals surface area contributed by atoms with E-state index in [-0.39, 0.29) is 24.8 Å². The van der Waals surface area contributed by atoms with E-state index in [1.807, 2.05) is 6.56 Å². The van der Waals surface area contributed by atoms with E-state index in [0.29, 0.717) is 11.8 Å². The van der Waals surface area contributed by atoms with Crippen LogP contribution in [0.1, 0.15) is 55.4 Å². The number of hydrogen-bond acceptors (Lipinski definition) is 0. The van der Waals surface area contributed by atoms with Gasteiger partial charge in [0, 0.05) is 0 Å². The second-order valence-electron chi connectivity index (χ2n) is 8.06. The summed E-state index contributed by atoms with van der Waals surface area (Å²) in [4.78, 5) is 0. The van der Waals surface area contributed by atoms with Crippen LogP contribution in [0.15, 0.2) is 41.0 Å². The predicted octanol–water partition coefficient (Wildman–Crippen LogP) is 6.68. The molecule has 2 unspecified atom stereocenters. The van der Waals surface area contributed by atoms with E-state index < -0.39 is 17.4 Å². The van der Waals surface area contributed by atoms with E-state index in [1.165, 1.54) is 8.26 Å². The Kier molecular flexibility index (Phi) is 8.33. The third-order valence-corrected chi connectivity index (χ3v) is 36.9. The van der Waals surface area contributed by atoms with Crippen LogP contribution in [-0.4, -0.2) is 6.88 Å². The molecular formula is C20H36Cl2SiZr. The Labute approximate surface area is 164 Å². The van der Waals surface area contributed by atoms with Crippen LogP contribution in [0.5, 0.6) is 0 Å². The van der Waals surface area contributed by atoms with E-state index in [1.54, 1.807) is 22.3 Å². The van der Waals surface area contributed by atoms with Crippen LogP contribution in [0.2, 0.25) is 8.26 Å². The van der Waals surface area contributed by atoms with Gasteiger partial charge in [0.05, 0.1) is 0 Å². The largest absolute Gasteiger partial charge is 0.147 e. The smallest absolute Gasteiger partial charge is 0.147 e. The zero-order valence-corrected chi connectivity index (χ0v) is 22.3. The molecule has 0 aromatic rings. The van der Waals surface area contributed by atoms with Gasteiger partial charge in [0.2, 0.25) is 0 Å². The topological polar surface area (TPSA) is 0 Å². The molecule has 0 amide bonds. The van der Waals surface area contributed by atoms with Gasteiger partial charge in [0.1, 0.15) is 0 Å². The average molecular weight is 467 g/mol. The molecule has 0 nitrogen and oxygen atoms in total. The van der Waals surface area contributed by atoms with Crippen molar-refractivity contribution in [2.75, 3.05) is 0 Å². The maximum Gasteiger partial charge on any atom is -0.147 e. The Morgan fingerprint density at radius 1 is 0.792 bits per heavy atom. The summed E-state index contributed by atoms with van der Waals surface area (Å²) in [7, 11) is 0. The summed E-state index contributed by atoms with van der Waals surface area (Å²) in [6.07, 6.45) is 4.95. The minimum Gasteiger partial charge on any atom is -0.147 e. The first kappa shape index (κ1) is 24.6. The van der Waals surface area contributed by atoms with Gasteiger partial charge in [-0.1, -0.05) is 0 Å². The third-order valence-electron chi connectivity index (χ3n) is 7.09. The molecule has 0 aromatic heterocycles. The van der Waals surface area contributed by atoms with Crippen LogP contribution in [0, 0.1) is 11.8 Å². The van der Waals surface area contributed by atoms with Crippen molar-refractivity contribution in [1.29, 1.82) is 0 Å². The van der Waals surface area contributed by atoms with Crippen LogP contribution >= 0.6 is 24.8 Å². The molecule has 0 saturated carbocycles. The van der Waals surface area contributed by atoms with Crippen LogP contribution < -0.4 is 0 Å². The first-order chi connectivity index (χ1) is 10.1.